The lowest BCUT2D eigenvalue weighted by Gasteiger charge is -2.39. The van der Waals surface area contributed by atoms with Crippen molar-refractivity contribution in [3.05, 3.63) is 24.0 Å². The minimum atomic E-state index is -0.749. The van der Waals surface area contributed by atoms with Gasteiger partial charge in [-0.25, -0.2) is 0 Å². The fraction of sp³-hybridized carbons (Fsp3) is 0.611. The number of amides is 2. The van der Waals surface area contributed by atoms with Crippen LogP contribution in [-0.4, -0.2) is 45.1 Å². The van der Waals surface area contributed by atoms with Crippen molar-refractivity contribution in [1.29, 1.82) is 0 Å². The van der Waals surface area contributed by atoms with Gasteiger partial charge in [0, 0.05) is 38.0 Å². The maximum Gasteiger partial charge on any atom is 0.248 e. The molecule has 0 unspecified atom stereocenters. The third-order valence-corrected chi connectivity index (χ3v) is 4.68. The number of hydrogen-bond acceptors (Lipinski definition) is 3. The Morgan fingerprint density at radius 1 is 1.29 bits per heavy atom. The van der Waals surface area contributed by atoms with Gasteiger partial charge in [-0.05, 0) is 32.8 Å². The first-order valence-corrected chi connectivity index (χ1v) is 8.79. The molecule has 1 aliphatic rings. The molecule has 0 spiro atoms. The first-order chi connectivity index (χ1) is 11.5. The Kier molecular flexibility index (Phi) is 6.17. The predicted octanol–water partition coefficient (Wildman–Crippen LogP) is 2.12. The number of likely N-dealkylation sites (N-methyl/N-ethyl adjacent to an activating group) is 1. The second-order valence-electron chi connectivity index (χ2n) is 6.39. The van der Waals surface area contributed by atoms with E-state index in [0.29, 0.717) is 13.1 Å². The number of rotatable bonds is 6. The van der Waals surface area contributed by atoms with Gasteiger partial charge >= 0.3 is 0 Å². The van der Waals surface area contributed by atoms with Crippen molar-refractivity contribution in [3.63, 3.8) is 0 Å². The molecule has 1 aromatic rings. The summed E-state index contributed by atoms with van der Waals surface area (Å²) in [5.74, 6) is -0.170. The number of aromatic nitrogens is 2. The van der Waals surface area contributed by atoms with E-state index < -0.39 is 5.54 Å². The molecule has 132 valence electrons. The number of nitrogens with zero attached hydrogens (tertiary/aromatic N) is 3. The predicted molar refractivity (Wildman–Crippen MR) is 94.1 cm³/mol. The van der Waals surface area contributed by atoms with E-state index in [1.807, 2.05) is 32.0 Å². The SMILES string of the molecule is CCN(CC)C(=O)C1(NC(=O)/C=C/c2cnn(C)c2)CCCCC1. The highest BCUT2D eigenvalue weighted by molar-refractivity contribution is 5.97. The average Bonchev–Trinajstić information content (AvgIpc) is 3.00. The van der Waals surface area contributed by atoms with Crippen molar-refractivity contribution in [2.75, 3.05) is 13.1 Å². The largest absolute Gasteiger partial charge is 0.341 e. The summed E-state index contributed by atoms with van der Waals surface area (Å²) >= 11 is 0. The van der Waals surface area contributed by atoms with Crippen molar-refractivity contribution in [1.82, 2.24) is 20.0 Å². The van der Waals surface area contributed by atoms with Gasteiger partial charge in [-0.3, -0.25) is 14.3 Å². The number of carbonyl (C=O) groups excluding carboxylic acids is 2. The molecule has 6 heteroatoms. The molecule has 1 heterocycles. The molecule has 24 heavy (non-hydrogen) atoms. The summed E-state index contributed by atoms with van der Waals surface area (Å²) in [6.45, 7) is 5.28. The van der Waals surface area contributed by atoms with Gasteiger partial charge in [-0.1, -0.05) is 19.3 Å². The van der Waals surface area contributed by atoms with Crippen LogP contribution in [0.1, 0.15) is 51.5 Å². The number of aryl methyl sites for hydroxylation is 1. The first kappa shape index (κ1) is 18.2. The molecular weight excluding hydrogens is 304 g/mol. The maximum atomic E-state index is 13.0. The van der Waals surface area contributed by atoms with E-state index in [1.165, 1.54) is 6.08 Å². The lowest BCUT2D eigenvalue weighted by Crippen LogP contribution is -2.60. The van der Waals surface area contributed by atoms with E-state index in [9.17, 15) is 9.59 Å². The third kappa shape index (κ3) is 4.24. The third-order valence-electron chi connectivity index (χ3n) is 4.68. The Bertz CT molecular complexity index is 596. The molecule has 1 saturated carbocycles. The summed E-state index contributed by atoms with van der Waals surface area (Å²) in [6.07, 6.45) is 11.2. The first-order valence-electron chi connectivity index (χ1n) is 8.79. The summed E-state index contributed by atoms with van der Waals surface area (Å²) in [4.78, 5) is 27.2. The second kappa shape index (κ2) is 8.13. The molecule has 1 N–H and O–H groups in total. The Balaban J connectivity index is 2.11. The van der Waals surface area contributed by atoms with Crippen molar-refractivity contribution in [2.45, 2.75) is 51.5 Å². The van der Waals surface area contributed by atoms with E-state index in [2.05, 4.69) is 10.4 Å². The lowest BCUT2D eigenvalue weighted by molar-refractivity contribution is -0.142. The van der Waals surface area contributed by atoms with Gasteiger partial charge in [0.25, 0.3) is 0 Å². The van der Waals surface area contributed by atoms with Gasteiger partial charge in [-0.2, -0.15) is 5.10 Å². The van der Waals surface area contributed by atoms with Crippen LogP contribution in [-0.2, 0) is 16.6 Å². The topological polar surface area (TPSA) is 67.2 Å². The molecule has 0 bridgehead atoms. The van der Waals surface area contributed by atoms with E-state index in [0.717, 1.165) is 37.7 Å². The molecule has 2 amide bonds. The Labute approximate surface area is 143 Å². The molecule has 0 atom stereocenters. The Morgan fingerprint density at radius 2 is 1.96 bits per heavy atom. The van der Waals surface area contributed by atoms with Crippen LogP contribution in [0.25, 0.3) is 6.08 Å². The van der Waals surface area contributed by atoms with E-state index >= 15 is 0 Å². The smallest absolute Gasteiger partial charge is 0.248 e. The molecule has 1 aromatic heterocycles. The van der Waals surface area contributed by atoms with Gasteiger partial charge in [0.05, 0.1) is 6.20 Å². The quantitative estimate of drug-likeness (QED) is 0.812. The molecule has 0 aromatic carbocycles. The van der Waals surface area contributed by atoms with Crippen molar-refractivity contribution >= 4 is 17.9 Å². The van der Waals surface area contributed by atoms with Gasteiger partial charge in [0.1, 0.15) is 5.54 Å². The average molecular weight is 332 g/mol. The van der Waals surface area contributed by atoms with Gasteiger partial charge in [0.2, 0.25) is 11.8 Å². The molecular formula is C18H28N4O2. The minimum Gasteiger partial charge on any atom is -0.341 e. The fourth-order valence-electron chi connectivity index (χ4n) is 3.34. The zero-order chi connectivity index (χ0) is 17.6. The van der Waals surface area contributed by atoms with Crippen molar-refractivity contribution in [2.24, 2.45) is 7.05 Å². The molecule has 0 saturated heterocycles. The molecule has 0 radical (unpaired) electrons. The van der Waals surface area contributed by atoms with E-state index in [1.54, 1.807) is 17.0 Å². The Hall–Kier alpha value is -2.11. The van der Waals surface area contributed by atoms with Crippen LogP contribution in [0, 0.1) is 0 Å². The summed E-state index contributed by atoms with van der Waals surface area (Å²) < 4.78 is 1.68. The zero-order valence-corrected chi connectivity index (χ0v) is 14.9. The Morgan fingerprint density at radius 3 is 2.50 bits per heavy atom. The molecule has 2 rings (SSSR count). The maximum absolute atomic E-state index is 13.0. The number of nitrogens with one attached hydrogen (secondary N) is 1. The number of hydrogen-bond donors (Lipinski definition) is 1. The lowest BCUT2D eigenvalue weighted by atomic mass is 9.80. The van der Waals surface area contributed by atoms with Crippen LogP contribution in [0.5, 0.6) is 0 Å². The van der Waals surface area contributed by atoms with Crippen LogP contribution < -0.4 is 5.32 Å². The zero-order valence-electron chi connectivity index (χ0n) is 14.9. The minimum absolute atomic E-state index is 0.0512. The van der Waals surface area contributed by atoms with Crippen LogP contribution in [0.15, 0.2) is 18.5 Å². The molecule has 1 fully saturated rings. The van der Waals surface area contributed by atoms with Crippen molar-refractivity contribution < 1.29 is 9.59 Å². The molecule has 6 nitrogen and oxygen atoms in total. The molecule has 0 aliphatic heterocycles. The summed E-state index contributed by atoms with van der Waals surface area (Å²) in [7, 11) is 1.83. The van der Waals surface area contributed by atoms with Crippen LogP contribution in [0.4, 0.5) is 0 Å². The van der Waals surface area contributed by atoms with Gasteiger partial charge in [-0.15, -0.1) is 0 Å². The van der Waals surface area contributed by atoms with Crippen LogP contribution >= 0.6 is 0 Å². The van der Waals surface area contributed by atoms with E-state index in [4.69, 9.17) is 0 Å². The van der Waals surface area contributed by atoms with Crippen molar-refractivity contribution in [3.8, 4) is 0 Å². The highest BCUT2D eigenvalue weighted by Crippen LogP contribution is 2.30. The van der Waals surface area contributed by atoms with Crippen LogP contribution in [0.3, 0.4) is 0 Å². The van der Waals surface area contributed by atoms with Gasteiger partial charge < -0.3 is 10.2 Å². The summed E-state index contributed by atoms with van der Waals surface area (Å²) in [5.41, 5.74) is 0.112. The van der Waals surface area contributed by atoms with E-state index in [-0.39, 0.29) is 11.8 Å². The van der Waals surface area contributed by atoms with Gasteiger partial charge in [0.15, 0.2) is 0 Å². The molecule has 1 aliphatic carbocycles. The monoisotopic (exact) mass is 332 g/mol. The summed E-state index contributed by atoms with van der Waals surface area (Å²) in [5, 5.41) is 7.08. The normalized spacial score (nSPS) is 17.0. The number of carbonyl (C=O) groups is 2. The highest BCUT2D eigenvalue weighted by atomic mass is 16.2. The van der Waals surface area contributed by atoms with Crippen LogP contribution in [0.2, 0.25) is 0 Å². The second-order valence-corrected chi connectivity index (χ2v) is 6.39. The standard InChI is InChI=1S/C18H28N4O2/c1-4-22(5-2)17(24)18(11-7-6-8-12-18)20-16(23)10-9-15-13-19-21(3)14-15/h9-10,13-14H,4-8,11-12H2,1-3H3,(H,20,23)/b10-9+. The highest BCUT2D eigenvalue weighted by Gasteiger charge is 2.42. The fourth-order valence-corrected chi connectivity index (χ4v) is 3.34. The summed E-state index contributed by atoms with van der Waals surface area (Å²) in [6, 6.07) is 0.